The molecule has 0 spiro atoms. The van der Waals surface area contributed by atoms with E-state index in [1.165, 1.54) is 25.0 Å². The summed E-state index contributed by atoms with van der Waals surface area (Å²) in [6, 6.07) is 6.39. The fourth-order valence-corrected chi connectivity index (χ4v) is 1.98. The molecule has 0 atom stereocenters. The van der Waals surface area contributed by atoms with E-state index in [0.29, 0.717) is 11.1 Å². The van der Waals surface area contributed by atoms with Crippen LogP contribution in [0.5, 0.6) is 0 Å². The summed E-state index contributed by atoms with van der Waals surface area (Å²) in [5.41, 5.74) is 1.63. The second-order valence-corrected chi connectivity index (χ2v) is 4.70. The van der Waals surface area contributed by atoms with E-state index >= 15 is 0 Å². The van der Waals surface area contributed by atoms with Gasteiger partial charge in [-0.15, -0.1) is 0 Å². The summed E-state index contributed by atoms with van der Waals surface area (Å²) in [6.07, 6.45) is 6.01. The largest absolute Gasteiger partial charge is 0.272 e. The number of rotatable bonds is 3. The summed E-state index contributed by atoms with van der Waals surface area (Å²) >= 11 is 0. The van der Waals surface area contributed by atoms with Gasteiger partial charge in [-0.3, -0.25) is 4.68 Å². The Morgan fingerprint density at radius 2 is 2.28 bits per heavy atom. The summed E-state index contributed by atoms with van der Waals surface area (Å²) in [4.78, 5) is 0. The van der Waals surface area contributed by atoms with Crippen molar-refractivity contribution >= 4 is 0 Å². The van der Waals surface area contributed by atoms with Crippen molar-refractivity contribution in [3.05, 3.63) is 42.0 Å². The van der Waals surface area contributed by atoms with E-state index in [-0.39, 0.29) is 5.82 Å². The third kappa shape index (κ3) is 2.12. The zero-order valence-electron chi connectivity index (χ0n) is 9.81. The molecule has 0 N–H and O–H groups in total. The van der Waals surface area contributed by atoms with Crippen LogP contribution in [0, 0.1) is 23.1 Å². The van der Waals surface area contributed by atoms with Crippen molar-refractivity contribution in [1.82, 2.24) is 9.78 Å². The molecule has 1 aromatic carbocycles. The summed E-state index contributed by atoms with van der Waals surface area (Å²) < 4.78 is 15.6. The van der Waals surface area contributed by atoms with Gasteiger partial charge < -0.3 is 0 Å². The van der Waals surface area contributed by atoms with E-state index in [2.05, 4.69) is 5.10 Å². The van der Waals surface area contributed by atoms with Gasteiger partial charge in [-0.1, -0.05) is 0 Å². The highest BCUT2D eigenvalue weighted by molar-refractivity contribution is 5.64. The average molecular weight is 241 g/mol. The van der Waals surface area contributed by atoms with E-state index in [4.69, 9.17) is 5.26 Å². The van der Waals surface area contributed by atoms with Gasteiger partial charge in [0.25, 0.3) is 0 Å². The van der Waals surface area contributed by atoms with Crippen LogP contribution in [0.2, 0.25) is 0 Å². The molecule has 0 aliphatic heterocycles. The molecule has 3 nitrogen and oxygen atoms in total. The molecule has 0 amide bonds. The quantitative estimate of drug-likeness (QED) is 0.829. The molecule has 4 heteroatoms. The van der Waals surface area contributed by atoms with Crippen molar-refractivity contribution in [2.75, 3.05) is 0 Å². The molecular weight excluding hydrogens is 229 g/mol. The van der Waals surface area contributed by atoms with E-state index in [0.717, 1.165) is 18.0 Å². The normalized spacial score (nSPS) is 14.4. The number of nitrogens with zero attached hydrogens (tertiary/aromatic N) is 3. The standard InChI is InChI=1S/C14H12FN3/c15-14-4-3-11(6-16)5-13(14)12-7-17-18(9-12)8-10-1-2-10/h3-5,7,9-10H,1-2,8H2. The number of hydrogen-bond acceptors (Lipinski definition) is 2. The first-order valence-corrected chi connectivity index (χ1v) is 5.99. The van der Waals surface area contributed by atoms with E-state index in [9.17, 15) is 4.39 Å². The molecule has 1 aliphatic carbocycles. The third-order valence-corrected chi connectivity index (χ3v) is 3.18. The van der Waals surface area contributed by atoms with Crippen molar-refractivity contribution in [3.63, 3.8) is 0 Å². The molecule has 90 valence electrons. The summed E-state index contributed by atoms with van der Waals surface area (Å²) in [6.45, 7) is 0.902. The third-order valence-electron chi connectivity index (χ3n) is 3.18. The van der Waals surface area contributed by atoms with Crippen LogP contribution in [0.4, 0.5) is 4.39 Å². The Labute approximate surface area is 104 Å². The molecule has 0 saturated heterocycles. The predicted molar refractivity (Wildman–Crippen MR) is 65.1 cm³/mol. The molecule has 1 saturated carbocycles. The number of halogens is 1. The summed E-state index contributed by atoms with van der Waals surface area (Å²) in [5.74, 6) is 0.410. The van der Waals surface area contributed by atoms with Crippen LogP contribution in [0.1, 0.15) is 18.4 Å². The Kier molecular flexibility index (Phi) is 2.60. The minimum absolute atomic E-state index is 0.319. The maximum absolute atomic E-state index is 13.7. The molecule has 2 aromatic rings. The molecule has 18 heavy (non-hydrogen) atoms. The minimum Gasteiger partial charge on any atom is -0.272 e. The zero-order chi connectivity index (χ0) is 12.5. The van der Waals surface area contributed by atoms with Crippen molar-refractivity contribution in [2.24, 2.45) is 5.92 Å². The maximum atomic E-state index is 13.7. The fourth-order valence-electron chi connectivity index (χ4n) is 1.98. The molecule has 0 radical (unpaired) electrons. The molecule has 1 heterocycles. The van der Waals surface area contributed by atoms with Gasteiger partial charge in [0.1, 0.15) is 5.82 Å². The van der Waals surface area contributed by atoms with Gasteiger partial charge in [0.2, 0.25) is 0 Å². The maximum Gasteiger partial charge on any atom is 0.131 e. The number of hydrogen-bond donors (Lipinski definition) is 0. The van der Waals surface area contributed by atoms with Crippen molar-refractivity contribution in [3.8, 4) is 17.2 Å². The first-order valence-electron chi connectivity index (χ1n) is 5.99. The Bertz CT molecular complexity index is 620. The van der Waals surface area contributed by atoms with E-state index in [1.807, 2.05) is 16.9 Å². The molecule has 0 unspecified atom stereocenters. The van der Waals surface area contributed by atoms with Crippen LogP contribution in [-0.4, -0.2) is 9.78 Å². The monoisotopic (exact) mass is 241 g/mol. The molecule has 3 rings (SSSR count). The molecule has 1 aromatic heterocycles. The van der Waals surface area contributed by atoms with Crippen LogP contribution >= 0.6 is 0 Å². The molecule has 1 aliphatic rings. The second kappa shape index (κ2) is 4.26. The summed E-state index contributed by atoms with van der Waals surface area (Å²) in [5, 5.41) is 13.1. The highest BCUT2D eigenvalue weighted by atomic mass is 19.1. The lowest BCUT2D eigenvalue weighted by Crippen LogP contribution is -1.99. The topological polar surface area (TPSA) is 41.6 Å². The van der Waals surface area contributed by atoms with Crippen LogP contribution in [0.3, 0.4) is 0 Å². The lowest BCUT2D eigenvalue weighted by Gasteiger charge is -2.00. The average Bonchev–Trinajstić information content (AvgIpc) is 3.07. The van der Waals surface area contributed by atoms with Crippen molar-refractivity contribution in [2.45, 2.75) is 19.4 Å². The number of nitriles is 1. The van der Waals surface area contributed by atoms with Gasteiger partial charge in [-0.05, 0) is 37.0 Å². The highest BCUT2D eigenvalue weighted by Crippen LogP contribution is 2.31. The first-order chi connectivity index (χ1) is 8.76. The van der Waals surface area contributed by atoms with Crippen LogP contribution in [0.15, 0.2) is 30.6 Å². The number of aromatic nitrogens is 2. The van der Waals surface area contributed by atoms with E-state index in [1.54, 1.807) is 12.3 Å². The minimum atomic E-state index is -0.319. The Balaban J connectivity index is 1.93. The van der Waals surface area contributed by atoms with Gasteiger partial charge >= 0.3 is 0 Å². The predicted octanol–water partition coefficient (Wildman–Crippen LogP) is 2.97. The molecule has 1 fully saturated rings. The lowest BCUT2D eigenvalue weighted by molar-refractivity contribution is 0.563. The van der Waals surface area contributed by atoms with E-state index < -0.39 is 0 Å². The van der Waals surface area contributed by atoms with Gasteiger partial charge in [0.05, 0.1) is 17.8 Å². The molecular formula is C14H12FN3. The Hall–Kier alpha value is -2.15. The van der Waals surface area contributed by atoms with Crippen LogP contribution in [0.25, 0.3) is 11.1 Å². The first kappa shape index (κ1) is 11.0. The smallest absolute Gasteiger partial charge is 0.131 e. The molecule has 0 bridgehead atoms. The Morgan fingerprint density at radius 1 is 1.44 bits per heavy atom. The van der Waals surface area contributed by atoms with Gasteiger partial charge in [-0.2, -0.15) is 10.4 Å². The van der Waals surface area contributed by atoms with Gasteiger partial charge in [-0.25, -0.2) is 4.39 Å². The van der Waals surface area contributed by atoms with Gasteiger partial charge in [0, 0.05) is 23.9 Å². The lowest BCUT2D eigenvalue weighted by atomic mass is 10.1. The SMILES string of the molecule is N#Cc1ccc(F)c(-c2cnn(CC3CC3)c2)c1. The Morgan fingerprint density at radius 3 is 3.00 bits per heavy atom. The van der Waals surface area contributed by atoms with Crippen molar-refractivity contribution < 1.29 is 4.39 Å². The highest BCUT2D eigenvalue weighted by Gasteiger charge is 2.22. The fraction of sp³-hybridized carbons (Fsp3) is 0.286. The second-order valence-electron chi connectivity index (χ2n) is 4.70. The number of benzene rings is 1. The zero-order valence-corrected chi connectivity index (χ0v) is 9.81. The van der Waals surface area contributed by atoms with Crippen LogP contribution in [-0.2, 0) is 6.54 Å². The van der Waals surface area contributed by atoms with Crippen molar-refractivity contribution in [1.29, 1.82) is 5.26 Å². The van der Waals surface area contributed by atoms with Crippen LogP contribution < -0.4 is 0 Å². The van der Waals surface area contributed by atoms with Gasteiger partial charge in [0.15, 0.2) is 0 Å². The summed E-state index contributed by atoms with van der Waals surface area (Å²) in [7, 11) is 0.